The zero-order valence-corrected chi connectivity index (χ0v) is 42.2. The van der Waals surface area contributed by atoms with E-state index in [1.54, 1.807) is 6.07 Å². The van der Waals surface area contributed by atoms with Gasteiger partial charge < -0.3 is 22.6 Å². The highest BCUT2D eigenvalue weighted by molar-refractivity contribution is 7.88. The molecule has 0 spiro atoms. The van der Waals surface area contributed by atoms with Gasteiger partial charge in [-0.15, -0.1) is 0 Å². The fourth-order valence-electron chi connectivity index (χ4n) is 10.4. The maximum atomic E-state index is 12.9. The summed E-state index contributed by atoms with van der Waals surface area (Å²) in [5.74, 6) is -0.418. The summed E-state index contributed by atoms with van der Waals surface area (Å²) in [5.41, 5.74) is 4.79. The van der Waals surface area contributed by atoms with Gasteiger partial charge >= 0.3 is 22.7 Å². The van der Waals surface area contributed by atoms with Crippen LogP contribution in [0.15, 0.2) is 218 Å². The molecule has 0 aliphatic carbocycles. The van der Waals surface area contributed by atoms with E-state index in [0.29, 0.717) is 5.52 Å². The molecule has 1 aliphatic rings. The Labute approximate surface area is 432 Å². The molecule has 12 heteroatoms. The maximum absolute atomic E-state index is 12.9. The number of benzene rings is 10. The van der Waals surface area contributed by atoms with Gasteiger partial charge in [0.25, 0.3) is 0 Å². The molecule has 10 aromatic carbocycles. The summed E-state index contributed by atoms with van der Waals surface area (Å²) in [7, 11) is -6.20. The van der Waals surface area contributed by atoms with Crippen LogP contribution < -0.4 is 9.65 Å². The van der Waals surface area contributed by atoms with Gasteiger partial charge in [0.2, 0.25) is 0 Å². The Bertz CT molecular complexity index is 4280. The summed E-state index contributed by atoms with van der Waals surface area (Å²) in [6.07, 6.45) is 0. The highest BCUT2D eigenvalue weighted by Gasteiger charge is 2.52. The molecule has 0 saturated carbocycles. The van der Waals surface area contributed by atoms with Crippen LogP contribution in [0.1, 0.15) is 27.7 Å². The maximum Gasteiger partial charge on any atom is 0.534 e. The summed E-state index contributed by atoms with van der Waals surface area (Å²) in [4.78, 5) is 0. The van der Waals surface area contributed by atoms with Crippen molar-refractivity contribution in [1.29, 1.82) is 0 Å². The van der Waals surface area contributed by atoms with E-state index in [1.807, 2.05) is 77.4 Å². The van der Waals surface area contributed by atoms with Gasteiger partial charge in [0, 0.05) is 39.0 Å². The molecule has 0 atom stereocenters. The van der Waals surface area contributed by atoms with E-state index in [4.69, 9.17) is 9.31 Å². The van der Waals surface area contributed by atoms with Crippen molar-refractivity contribution in [3.05, 3.63) is 218 Å². The number of rotatable bonds is 7. The predicted octanol–water partition coefficient (Wildman–Crippen LogP) is 15.7. The van der Waals surface area contributed by atoms with Crippen molar-refractivity contribution in [2.45, 2.75) is 44.4 Å². The molecule has 12 aromatic rings. The minimum atomic E-state index is -5.80. The van der Waals surface area contributed by atoms with Gasteiger partial charge in [-0.3, -0.25) is 0 Å². The topological polar surface area (TPSA) is 71.7 Å². The molecular formula is C63H48BF3N2O5S. The molecule has 1 fully saturated rings. The molecule has 0 unspecified atom stereocenters. The van der Waals surface area contributed by atoms with Crippen LogP contribution >= 0.6 is 0 Å². The van der Waals surface area contributed by atoms with Gasteiger partial charge in [-0.1, -0.05) is 158 Å². The Hall–Kier alpha value is -8.16. The van der Waals surface area contributed by atoms with E-state index < -0.39 is 28.5 Å². The van der Waals surface area contributed by atoms with Gasteiger partial charge in [-0.25, -0.2) is 0 Å². The number of hydrogen-bond acceptors (Lipinski definition) is 5. The van der Waals surface area contributed by atoms with E-state index in [2.05, 4.69) is 164 Å². The lowest BCUT2D eigenvalue weighted by atomic mass is 9.79. The minimum absolute atomic E-state index is 0.383. The monoisotopic (exact) mass is 1010 g/mol. The molecule has 2 aromatic heterocycles. The number of para-hydroxylation sites is 2. The van der Waals surface area contributed by atoms with Crippen molar-refractivity contribution < 1.29 is 35.1 Å². The summed E-state index contributed by atoms with van der Waals surface area (Å²) in [5, 5.41) is 8.78. The Morgan fingerprint density at radius 1 is 0.440 bits per heavy atom. The molecule has 3 heterocycles. The number of fused-ring (bicyclic) bond motifs is 8. The molecule has 13 rings (SSSR count). The minimum Gasteiger partial charge on any atom is -0.399 e. The highest BCUT2D eigenvalue weighted by atomic mass is 32.2. The lowest BCUT2D eigenvalue weighted by molar-refractivity contribution is -0.0500. The van der Waals surface area contributed by atoms with E-state index >= 15 is 0 Å². The number of halogens is 3. The summed E-state index contributed by atoms with van der Waals surface area (Å²) < 4.78 is 83.6. The van der Waals surface area contributed by atoms with Gasteiger partial charge in [-0.2, -0.15) is 21.6 Å². The first kappa shape index (κ1) is 47.8. The van der Waals surface area contributed by atoms with Crippen LogP contribution in [0.2, 0.25) is 0 Å². The lowest BCUT2D eigenvalue weighted by Crippen LogP contribution is -2.41. The van der Waals surface area contributed by atoms with Crippen molar-refractivity contribution >= 4 is 87.9 Å². The number of aromatic nitrogens is 2. The van der Waals surface area contributed by atoms with Crippen molar-refractivity contribution in [3.8, 4) is 39.4 Å². The third kappa shape index (κ3) is 8.39. The SMILES string of the molecule is CC1(C)OB(c2ccc3c4ccc(-c5cccc6ccccc56)cc4n(-c4ccccc4)c3c2)OC1(C)C.O=S(=O)(Oc1ccc2c3ccc(-c4cccc5ccccc45)cc3n(-c3ccccc3)c2c1)C(F)(F)F. The highest BCUT2D eigenvalue weighted by Crippen LogP contribution is 2.41. The zero-order valence-electron chi connectivity index (χ0n) is 41.3. The van der Waals surface area contributed by atoms with Crippen LogP contribution in [-0.4, -0.2) is 41.4 Å². The second kappa shape index (κ2) is 18.1. The van der Waals surface area contributed by atoms with Crippen LogP contribution in [0.4, 0.5) is 13.2 Å². The van der Waals surface area contributed by atoms with Gasteiger partial charge in [0.05, 0.1) is 33.3 Å². The van der Waals surface area contributed by atoms with Gasteiger partial charge in [0.15, 0.2) is 0 Å². The van der Waals surface area contributed by atoms with Gasteiger partial charge in [-0.05, 0) is 132 Å². The summed E-state index contributed by atoms with van der Waals surface area (Å²) in [6.45, 7) is 8.39. The number of alkyl halides is 3. The van der Waals surface area contributed by atoms with Crippen molar-refractivity contribution in [2.75, 3.05) is 0 Å². The average Bonchev–Trinajstić information content (AvgIpc) is 4.01. The Morgan fingerprint density at radius 3 is 1.32 bits per heavy atom. The molecule has 1 aliphatic heterocycles. The first-order valence-corrected chi connectivity index (χ1v) is 26.1. The molecular weight excluding hydrogens is 965 g/mol. The van der Waals surface area contributed by atoms with Crippen LogP contribution in [0.5, 0.6) is 5.75 Å². The Balaban J connectivity index is 0.000000152. The van der Waals surface area contributed by atoms with Crippen molar-refractivity contribution in [1.82, 2.24) is 9.13 Å². The van der Waals surface area contributed by atoms with E-state index in [1.165, 1.54) is 50.3 Å². The molecule has 0 bridgehead atoms. The van der Waals surface area contributed by atoms with Crippen molar-refractivity contribution in [2.24, 2.45) is 0 Å². The fourth-order valence-corrected chi connectivity index (χ4v) is 10.8. The Morgan fingerprint density at radius 2 is 0.840 bits per heavy atom. The van der Waals surface area contributed by atoms with E-state index in [0.717, 1.165) is 60.5 Å². The van der Waals surface area contributed by atoms with Crippen LogP contribution in [-0.2, 0) is 19.4 Å². The third-order valence-electron chi connectivity index (χ3n) is 14.8. The third-order valence-corrected chi connectivity index (χ3v) is 15.8. The summed E-state index contributed by atoms with van der Waals surface area (Å²) >= 11 is 0. The first-order chi connectivity index (χ1) is 36.0. The molecule has 1 saturated heterocycles. The first-order valence-electron chi connectivity index (χ1n) is 24.7. The predicted molar refractivity (Wildman–Crippen MR) is 299 cm³/mol. The lowest BCUT2D eigenvalue weighted by Gasteiger charge is -2.32. The molecule has 0 radical (unpaired) electrons. The molecule has 0 N–H and O–H groups in total. The molecule has 75 heavy (non-hydrogen) atoms. The fraction of sp³-hybridized carbons (Fsp3) is 0.111. The molecule has 0 amide bonds. The van der Waals surface area contributed by atoms with Crippen molar-refractivity contribution in [3.63, 3.8) is 0 Å². The normalized spacial score (nSPS) is 14.5. The van der Waals surface area contributed by atoms with E-state index in [9.17, 15) is 21.6 Å². The Kier molecular flexibility index (Phi) is 11.5. The van der Waals surface area contributed by atoms with Crippen LogP contribution in [0, 0.1) is 0 Å². The standard InChI is InChI=1S/C34H30BNO2.C29H18F3NO3S/c1-33(2)34(3,4)38-35(37-33)25-18-20-30-29-19-17-24(28-16-10-12-23-11-8-9-15-27(23)28)21-31(29)36(32(30)22-25)26-13-6-5-7-14-26;30-29(31,32)37(34,35)36-22-14-16-26-25-15-13-20(24-12-6-8-19-7-4-5-11-23(19)24)17-27(25)33(28(26)18-22)21-9-2-1-3-10-21/h5-22H,1-4H3;1-18H. The number of hydrogen-bond donors (Lipinski definition) is 0. The zero-order chi connectivity index (χ0) is 51.9. The largest absolute Gasteiger partial charge is 0.534 e. The van der Waals surface area contributed by atoms with Gasteiger partial charge in [0.1, 0.15) is 5.75 Å². The average molecular weight is 1010 g/mol. The quantitative estimate of drug-likeness (QED) is 0.0904. The molecule has 7 nitrogen and oxygen atoms in total. The second-order valence-electron chi connectivity index (χ2n) is 19.9. The van der Waals surface area contributed by atoms with E-state index in [-0.39, 0.29) is 11.2 Å². The van der Waals surface area contributed by atoms with Crippen LogP contribution in [0.25, 0.3) is 98.8 Å². The summed E-state index contributed by atoms with van der Waals surface area (Å²) in [6, 6.07) is 72.9. The molecule has 370 valence electrons. The smallest absolute Gasteiger partial charge is 0.399 e. The number of nitrogens with zero attached hydrogens (tertiary/aromatic N) is 2. The second-order valence-corrected chi connectivity index (χ2v) is 21.4. The van der Waals surface area contributed by atoms with Crippen LogP contribution in [0.3, 0.4) is 0 Å².